The van der Waals surface area contributed by atoms with E-state index in [1.54, 1.807) is 12.3 Å². The molecular weight excluding hydrogens is 442 g/mol. The second kappa shape index (κ2) is 8.71. The maximum absolute atomic E-state index is 13.0. The second-order valence-electron chi connectivity index (χ2n) is 7.27. The molecule has 31 heavy (non-hydrogen) atoms. The number of nitrogens with zero attached hydrogens (tertiary/aromatic N) is 3. The Labute approximate surface area is 186 Å². The maximum Gasteiger partial charge on any atom is 0.334 e. The lowest BCUT2D eigenvalue weighted by molar-refractivity contribution is -0.144. The number of thiazole rings is 1. The van der Waals surface area contributed by atoms with Crippen LogP contribution >= 0.6 is 23.1 Å². The summed E-state index contributed by atoms with van der Waals surface area (Å²) in [6.45, 7) is 1.75. The molecule has 3 heterocycles. The van der Waals surface area contributed by atoms with Gasteiger partial charge in [-0.25, -0.2) is 9.78 Å². The van der Waals surface area contributed by atoms with E-state index in [2.05, 4.69) is 15.5 Å². The number of β-lactam (4-membered cyclic amide) rings is 1. The van der Waals surface area contributed by atoms with Crippen LogP contribution < -0.4 is 11.1 Å². The molecular formula is C19H21N5O5S2. The van der Waals surface area contributed by atoms with Crippen LogP contribution in [0.1, 0.15) is 31.9 Å². The van der Waals surface area contributed by atoms with Crippen molar-refractivity contribution in [2.75, 3.05) is 5.73 Å². The molecule has 1 fully saturated rings. The molecule has 10 nitrogen and oxygen atoms in total. The van der Waals surface area contributed by atoms with E-state index in [0.717, 1.165) is 19.3 Å². The zero-order valence-corrected chi connectivity index (χ0v) is 18.2. The largest absolute Gasteiger partial charge is 0.478 e. The van der Waals surface area contributed by atoms with E-state index in [1.165, 1.54) is 34.2 Å². The first-order valence-corrected chi connectivity index (χ1v) is 11.5. The number of carbonyl (C=O) groups is 3. The van der Waals surface area contributed by atoms with E-state index >= 15 is 0 Å². The number of allylic oxidation sites excluding steroid dienone is 1. The van der Waals surface area contributed by atoms with Gasteiger partial charge in [0.05, 0.1) is 5.57 Å². The van der Waals surface area contributed by atoms with Gasteiger partial charge in [0.2, 0.25) is 0 Å². The highest BCUT2D eigenvalue weighted by Gasteiger charge is 2.52. The molecule has 0 spiro atoms. The first-order chi connectivity index (χ1) is 14.8. The van der Waals surface area contributed by atoms with Crippen LogP contribution in [-0.4, -0.2) is 61.3 Å². The number of aromatic nitrogens is 1. The fourth-order valence-electron chi connectivity index (χ4n) is 3.47. The average molecular weight is 464 g/mol. The summed E-state index contributed by atoms with van der Waals surface area (Å²) in [4.78, 5) is 47.8. The molecule has 1 aliphatic carbocycles. The van der Waals surface area contributed by atoms with Gasteiger partial charge in [-0.3, -0.25) is 9.59 Å². The molecule has 3 aliphatic rings. The number of carboxylic acid groups (broad SMARTS) is 1. The van der Waals surface area contributed by atoms with Crippen LogP contribution in [-0.2, 0) is 19.2 Å². The number of amides is 2. The lowest BCUT2D eigenvalue weighted by Crippen LogP contribution is -2.69. The molecule has 0 saturated carbocycles. The lowest BCUT2D eigenvalue weighted by atomic mass is 10.1. The third-order valence-corrected chi connectivity index (χ3v) is 7.26. The number of thioether (sulfide) groups is 1. The van der Waals surface area contributed by atoms with Gasteiger partial charge in [-0.1, -0.05) is 11.2 Å². The first-order valence-electron chi connectivity index (χ1n) is 9.70. The van der Waals surface area contributed by atoms with Crippen LogP contribution in [0.4, 0.5) is 5.13 Å². The summed E-state index contributed by atoms with van der Waals surface area (Å²) < 4.78 is 0. The molecule has 3 unspecified atom stereocenters. The minimum absolute atomic E-state index is 0.0613. The number of carbonyl (C=O) groups excluding carboxylic acids is 2. The number of fused-ring (bicyclic) bond motifs is 1. The SMILES string of the molecule is CC1S[C@@H]2C(NC(=O)C(=NOC3C=CCCC3)c3csc(N)n3)C(=O)N2C=C1C(=O)O. The molecule has 4 atom stereocenters. The quantitative estimate of drug-likeness (QED) is 0.248. The van der Waals surface area contributed by atoms with Crippen LogP contribution in [0.2, 0.25) is 0 Å². The molecule has 2 amide bonds. The summed E-state index contributed by atoms with van der Waals surface area (Å²) in [7, 11) is 0. The predicted octanol–water partition coefficient (Wildman–Crippen LogP) is 1.31. The number of aliphatic carboxylic acids is 1. The van der Waals surface area contributed by atoms with Gasteiger partial charge in [0.25, 0.3) is 11.8 Å². The van der Waals surface area contributed by atoms with E-state index in [-0.39, 0.29) is 39.4 Å². The van der Waals surface area contributed by atoms with Gasteiger partial charge in [-0.2, -0.15) is 0 Å². The number of hydrogen-bond acceptors (Lipinski definition) is 9. The van der Waals surface area contributed by atoms with Crippen molar-refractivity contribution in [2.45, 2.75) is 49.0 Å². The van der Waals surface area contributed by atoms with E-state index in [1.807, 2.05) is 12.2 Å². The highest BCUT2D eigenvalue weighted by atomic mass is 32.2. The summed E-state index contributed by atoms with van der Waals surface area (Å²) in [6.07, 6.45) is 7.76. The van der Waals surface area contributed by atoms with Crippen molar-refractivity contribution in [3.05, 3.63) is 35.0 Å². The molecule has 4 N–H and O–H groups in total. The zero-order chi connectivity index (χ0) is 22.1. The Morgan fingerprint density at radius 3 is 2.90 bits per heavy atom. The highest BCUT2D eigenvalue weighted by molar-refractivity contribution is 8.00. The molecule has 1 aromatic heterocycles. The number of carboxylic acids is 1. The molecule has 2 aliphatic heterocycles. The van der Waals surface area contributed by atoms with E-state index in [0.29, 0.717) is 0 Å². The van der Waals surface area contributed by atoms with Gasteiger partial charge in [-0.15, -0.1) is 23.1 Å². The molecule has 12 heteroatoms. The standard InChI is InChI=1S/C19H21N5O5S2/c1-9-11(18(27)28)7-24-16(26)14(17(24)31-9)22-15(25)13(12-8-30-19(20)21-12)23-29-10-5-3-2-4-6-10/h3,5,7-10,14,17H,2,4,6H2,1H3,(H2,20,21)(H,22,25)(H,27,28)/t9?,10?,14?,17-/m1/s1. The molecule has 4 rings (SSSR count). The average Bonchev–Trinajstić information content (AvgIpc) is 3.18. The van der Waals surface area contributed by atoms with Crippen LogP contribution in [0.5, 0.6) is 0 Å². The molecule has 0 radical (unpaired) electrons. The number of anilines is 1. The molecule has 1 saturated heterocycles. The fourth-order valence-corrected chi connectivity index (χ4v) is 5.38. The summed E-state index contributed by atoms with van der Waals surface area (Å²) in [5.41, 5.74) is 6.06. The van der Waals surface area contributed by atoms with Crippen LogP contribution in [0.3, 0.4) is 0 Å². The summed E-state index contributed by atoms with van der Waals surface area (Å²) >= 11 is 2.47. The van der Waals surface area contributed by atoms with Crippen molar-refractivity contribution in [2.24, 2.45) is 5.16 Å². The van der Waals surface area contributed by atoms with Gasteiger partial charge in [0.15, 0.2) is 10.8 Å². The molecule has 0 bridgehead atoms. The molecule has 1 aromatic rings. The van der Waals surface area contributed by atoms with E-state index in [4.69, 9.17) is 10.6 Å². The van der Waals surface area contributed by atoms with Crippen molar-refractivity contribution in [3.63, 3.8) is 0 Å². The Bertz CT molecular complexity index is 1000. The lowest BCUT2D eigenvalue weighted by Gasteiger charge is -2.48. The maximum atomic E-state index is 13.0. The minimum Gasteiger partial charge on any atom is -0.478 e. The first kappa shape index (κ1) is 21.4. The Hall–Kier alpha value is -2.86. The molecule has 164 valence electrons. The van der Waals surface area contributed by atoms with Crippen molar-refractivity contribution in [1.29, 1.82) is 0 Å². The van der Waals surface area contributed by atoms with Crippen molar-refractivity contribution in [3.8, 4) is 0 Å². The van der Waals surface area contributed by atoms with Crippen molar-refractivity contribution in [1.82, 2.24) is 15.2 Å². The van der Waals surface area contributed by atoms with E-state index < -0.39 is 23.3 Å². The van der Waals surface area contributed by atoms with Gasteiger partial charge in [0.1, 0.15) is 23.2 Å². The topological polar surface area (TPSA) is 147 Å². The Morgan fingerprint density at radius 1 is 1.45 bits per heavy atom. The number of nitrogens with one attached hydrogen (secondary N) is 1. The summed E-state index contributed by atoms with van der Waals surface area (Å²) in [6, 6.07) is -0.803. The Kier molecular flexibility index (Phi) is 6.01. The monoisotopic (exact) mass is 463 g/mol. The smallest absolute Gasteiger partial charge is 0.334 e. The van der Waals surface area contributed by atoms with Gasteiger partial charge in [0, 0.05) is 16.8 Å². The third-order valence-electron chi connectivity index (χ3n) is 5.14. The van der Waals surface area contributed by atoms with Crippen LogP contribution in [0.25, 0.3) is 0 Å². The second-order valence-corrected chi connectivity index (χ2v) is 9.62. The summed E-state index contributed by atoms with van der Waals surface area (Å²) in [5.74, 6) is -2.06. The zero-order valence-electron chi connectivity index (χ0n) is 16.6. The van der Waals surface area contributed by atoms with Gasteiger partial charge in [-0.05, 0) is 32.3 Å². The van der Waals surface area contributed by atoms with Crippen LogP contribution in [0.15, 0.2) is 34.5 Å². The van der Waals surface area contributed by atoms with Crippen molar-refractivity contribution < 1.29 is 24.3 Å². The Morgan fingerprint density at radius 2 is 2.26 bits per heavy atom. The summed E-state index contributed by atoms with van der Waals surface area (Å²) in [5, 5.41) is 17.2. The third kappa shape index (κ3) is 4.30. The Balaban J connectivity index is 1.50. The fraction of sp³-hybridized carbons (Fsp3) is 0.421. The number of nitrogen functional groups attached to an aromatic ring is 1. The molecule has 0 aromatic carbocycles. The van der Waals surface area contributed by atoms with Crippen LogP contribution in [0, 0.1) is 0 Å². The number of hydrogen-bond donors (Lipinski definition) is 3. The van der Waals surface area contributed by atoms with Crippen molar-refractivity contribution >= 4 is 51.7 Å². The predicted molar refractivity (Wildman–Crippen MR) is 116 cm³/mol. The van der Waals surface area contributed by atoms with E-state index in [9.17, 15) is 19.5 Å². The highest BCUT2D eigenvalue weighted by Crippen LogP contribution is 2.40. The minimum atomic E-state index is -1.07. The number of oxime groups is 1. The van der Waals surface area contributed by atoms with Gasteiger partial charge < -0.3 is 25.9 Å². The normalized spacial score (nSPS) is 27.8. The number of rotatable bonds is 6. The van der Waals surface area contributed by atoms with Gasteiger partial charge >= 0.3 is 5.97 Å². The number of nitrogens with two attached hydrogens (primary N) is 1.